The van der Waals surface area contributed by atoms with Gasteiger partial charge in [0.1, 0.15) is 5.69 Å². The predicted molar refractivity (Wildman–Crippen MR) is 125 cm³/mol. The number of nitro groups is 1. The first kappa shape index (κ1) is 24.0. The smallest absolute Gasteiger partial charge is 0.418 e. The van der Waals surface area contributed by atoms with Crippen LogP contribution in [0.15, 0.2) is 88.5 Å². The Morgan fingerprint density at radius 1 is 1.00 bits per heavy atom. The number of oxazole rings is 1. The Balaban J connectivity index is 1.54. The molecule has 0 bridgehead atoms. The van der Waals surface area contributed by atoms with Crippen LogP contribution >= 0.6 is 11.8 Å². The number of amides is 1. The normalized spacial score (nSPS) is 11.3. The molecule has 1 aromatic heterocycles. The molecule has 4 rings (SSSR count). The summed E-state index contributed by atoms with van der Waals surface area (Å²) in [4.78, 5) is 26.8. The van der Waals surface area contributed by atoms with E-state index in [9.17, 15) is 28.1 Å². The molecule has 0 aliphatic carbocycles. The summed E-state index contributed by atoms with van der Waals surface area (Å²) in [5.74, 6) is -0.554. The summed E-state index contributed by atoms with van der Waals surface area (Å²) < 4.78 is 46.0. The lowest BCUT2D eigenvalue weighted by Gasteiger charge is -2.13. The van der Waals surface area contributed by atoms with Gasteiger partial charge in [-0.05, 0) is 6.07 Å². The summed E-state index contributed by atoms with van der Waals surface area (Å²) in [5, 5.41) is 13.2. The molecule has 0 saturated carbocycles. The van der Waals surface area contributed by atoms with Crippen molar-refractivity contribution in [3.8, 4) is 22.6 Å². The summed E-state index contributed by atoms with van der Waals surface area (Å²) in [6.45, 7) is 0. The second kappa shape index (κ2) is 10.0. The molecule has 11 heteroatoms. The van der Waals surface area contributed by atoms with E-state index in [-0.39, 0.29) is 11.0 Å². The molecule has 3 aromatic carbocycles. The SMILES string of the molecule is O=C(CSc1nc(-c2ccccc2)c(-c2ccccc2)o1)Nc1ccc([N+](=O)[O-])cc1C(F)(F)F. The topological polar surface area (TPSA) is 98.3 Å². The number of thioether (sulfide) groups is 1. The molecule has 35 heavy (non-hydrogen) atoms. The first-order chi connectivity index (χ1) is 16.7. The van der Waals surface area contributed by atoms with Crippen molar-refractivity contribution < 1.29 is 27.3 Å². The van der Waals surface area contributed by atoms with Crippen LogP contribution < -0.4 is 5.32 Å². The summed E-state index contributed by atoms with van der Waals surface area (Å²) >= 11 is 0.914. The van der Waals surface area contributed by atoms with Gasteiger partial charge in [0, 0.05) is 23.3 Å². The fourth-order valence-corrected chi connectivity index (χ4v) is 3.87. The number of benzene rings is 3. The maximum absolute atomic E-state index is 13.4. The highest BCUT2D eigenvalue weighted by atomic mass is 32.2. The van der Waals surface area contributed by atoms with Gasteiger partial charge in [0.25, 0.3) is 10.9 Å². The fraction of sp³-hybridized carbons (Fsp3) is 0.0833. The van der Waals surface area contributed by atoms with E-state index in [0.717, 1.165) is 35.0 Å². The number of nitrogens with one attached hydrogen (secondary N) is 1. The van der Waals surface area contributed by atoms with Crippen LogP contribution in [-0.2, 0) is 11.0 Å². The molecule has 0 spiro atoms. The number of nitro benzene ring substituents is 1. The van der Waals surface area contributed by atoms with Crippen LogP contribution in [0.3, 0.4) is 0 Å². The highest BCUT2D eigenvalue weighted by molar-refractivity contribution is 7.99. The van der Waals surface area contributed by atoms with Crippen LogP contribution in [0.5, 0.6) is 0 Å². The van der Waals surface area contributed by atoms with Gasteiger partial charge in [0.05, 0.1) is 21.9 Å². The van der Waals surface area contributed by atoms with E-state index >= 15 is 0 Å². The molecule has 0 unspecified atom stereocenters. The second-order valence-corrected chi connectivity index (χ2v) is 8.14. The minimum Gasteiger partial charge on any atom is -0.431 e. The molecule has 4 aromatic rings. The van der Waals surface area contributed by atoms with Crippen molar-refractivity contribution >= 4 is 29.0 Å². The lowest BCUT2D eigenvalue weighted by molar-refractivity contribution is -0.385. The molecule has 7 nitrogen and oxygen atoms in total. The number of carbonyl (C=O) groups is 1. The zero-order valence-corrected chi connectivity index (χ0v) is 18.6. The van der Waals surface area contributed by atoms with Gasteiger partial charge < -0.3 is 9.73 Å². The molecule has 1 heterocycles. The van der Waals surface area contributed by atoms with Crippen molar-refractivity contribution in [1.29, 1.82) is 0 Å². The van der Waals surface area contributed by atoms with Crippen molar-refractivity contribution in [2.75, 3.05) is 11.1 Å². The van der Waals surface area contributed by atoms with Gasteiger partial charge in [-0.25, -0.2) is 4.98 Å². The van der Waals surface area contributed by atoms with E-state index in [0.29, 0.717) is 17.5 Å². The first-order valence-corrected chi connectivity index (χ1v) is 11.1. The molecule has 1 amide bonds. The van der Waals surface area contributed by atoms with Gasteiger partial charge in [-0.2, -0.15) is 13.2 Å². The maximum atomic E-state index is 13.4. The van der Waals surface area contributed by atoms with Crippen molar-refractivity contribution in [3.05, 3.63) is 94.5 Å². The van der Waals surface area contributed by atoms with E-state index in [1.807, 2.05) is 60.7 Å². The van der Waals surface area contributed by atoms with E-state index in [1.54, 1.807) is 0 Å². The van der Waals surface area contributed by atoms with Crippen molar-refractivity contribution in [2.24, 2.45) is 0 Å². The molecule has 0 fully saturated rings. The van der Waals surface area contributed by atoms with E-state index in [2.05, 4.69) is 10.3 Å². The number of aromatic nitrogens is 1. The minimum absolute atomic E-state index is 0.164. The van der Waals surface area contributed by atoms with Gasteiger partial charge in [-0.15, -0.1) is 0 Å². The van der Waals surface area contributed by atoms with Gasteiger partial charge in [0.15, 0.2) is 5.76 Å². The van der Waals surface area contributed by atoms with Crippen LogP contribution in [-0.4, -0.2) is 21.6 Å². The van der Waals surface area contributed by atoms with Crippen molar-refractivity contribution in [3.63, 3.8) is 0 Å². The number of nitrogens with zero attached hydrogens (tertiary/aromatic N) is 2. The van der Waals surface area contributed by atoms with E-state index in [1.165, 1.54) is 0 Å². The van der Waals surface area contributed by atoms with Crippen LogP contribution in [0.1, 0.15) is 5.56 Å². The fourth-order valence-electron chi connectivity index (χ4n) is 3.24. The number of halogens is 3. The number of hydrogen-bond acceptors (Lipinski definition) is 6. The number of anilines is 1. The van der Waals surface area contributed by atoms with E-state index in [4.69, 9.17) is 4.42 Å². The van der Waals surface area contributed by atoms with E-state index < -0.39 is 33.9 Å². The Morgan fingerprint density at radius 2 is 1.63 bits per heavy atom. The summed E-state index contributed by atoms with van der Waals surface area (Å²) in [6.07, 6.45) is -4.89. The standard InChI is InChI=1S/C24H16F3N3O4S/c25-24(26,27)18-13-17(30(32)33)11-12-19(18)28-20(31)14-35-23-29-21(15-7-3-1-4-8-15)22(34-23)16-9-5-2-6-10-16/h1-13H,14H2,(H,28,31). The van der Waals surface area contributed by atoms with Gasteiger partial charge in [-0.3, -0.25) is 14.9 Å². The summed E-state index contributed by atoms with van der Waals surface area (Å²) in [5.41, 5.74) is -0.473. The van der Waals surface area contributed by atoms with Crippen LogP contribution in [0.2, 0.25) is 0 Å². The third-order valence-corrected chi connectivity index (χ3v) is 5.64. The molecule has 1 N–H and O–H groups in total. The average molecular weight is 499 g/mol. The quantitative estimate of drug-likeness (QED) is 0.173. The predicted octanol–water partition coefficient (Wildman–Crippen LogP) is 6.67. The number of carbonyl (C=O) groups excluding carboxylic acids is 1. The summed E-state index contributed by atoms with van der Waals surface area (Å²) in [7, 11) is 0. The molecule has 0 saturated heterocycles. The Bertz CT molecular complexity index is 1300. The lowest BCUT2D eigenvalue weighted by atomic mass is 10.1. The molecule has 0 atom stereocenters. The van der Waals surface area contributed by atoms with Gasteiger partial charge in [0.2, 0.25) is 5.91 Å². The minimum atomic E-state index is -4.89. The van der Waals surface area contributed by atoms with Crippen molar-refractivity contribution in [2.45, 2.75) is 11.4 Å². The Kier molecular flexibility index (Phi) is 6.87. The molecule has 0 aliphatic heterocycles. The molecule has 178 valence electrons. The Hall–Kier alpha value is -4.12. The highest BCUT2D eigenvalue weighted by Crippen LogP contribution is 2.38. The van der Waals surface area contributed by atoms with Crippen LogP contribution in [0, 0.1) is 10.1 Å². The second-order valence-electron chi connectivity index (χ2n) is 7.21. The maximum Gasteiger partial charge on any atom is 0.418 e. The highest BCUT2D eigenvalue weighted by Gasteiger charge is 2.35. The largest absolute Gasteiger partial charge is 0.431 e. The Morgan fingerprint density at radius 3 is 2.23 bits per heavy atom. The molecule has 0 radical (unpaired) electrons. The number of alkyl halides is 3. The average Bonchev–Trinajstić information content (AvgIpc) is 3.28. The van der Waals surface area contributed by atoms with Gasteiger partial charge >= 0.3 is 6.18 Å². The third kappa shape index (κ3) is 5.69. The van der Waals surface area contributed by atoms with Crippen molar-refractivity contribution in [1.82, 2.24) is 4.98 Å². The van der Waals surface area contributed by atoms with Crippen LogP contribution in [0.4, 0.5) is 24.5 Å². The lowest BCUT2D eigenvalue weighted by Crippen LogP contribution is -2.18. The van der Waals surface area contributed by atoms with Crippen LogP contribution in [0.25, 0.3) is 22.6 Å². The number of hydrogen-bond donors (Lipinski definition) is 1. The Labute approximate surface area is 201 Å². The first-order valence-electron chi connectivity index (χ1n) is 10.1. The number of rotatable bonds is 7. The van der Waals surface area contributed by atoms with Gasteiger partial charge in [-0.1, -0.05) is 72.4 Å². The third-order valence-electron chi connectivity index (χ3n) is 4.81. The monoisotopic (exact) mass is 499 g/mol. The molecule has 0 aliphatic rings. The number of non-ortho nitro benzene ring substituents is 1. The summed E-state index contributed by atoms with van der Waals surface area (Å²) in [6, 6.07) is 20.7. The zero-order valence-electron chi connectivity index (χ0n) is 17.8. The zero-order chi connectivity index (χ0) is 25.0. The molecular weight excluding hydrogens is 483 g/mol. The molecular formula is C24H16F3N3O4S.